The molecule has 3 nitrogen and oxygen atoms in total. The van der Waals surface area contributed by atoms with Gasteiger partial charge < -0.3 is 10.4 Å². The highest BCUT2D eigenvalue weighted by Crippen LogP contribution is 2.24. The van der Waals surface area contributed by atoms with Gasteiger partial charge in [-0.3, -0.25) is 4.99 Å². The molecule has 0 fully saturated rings. The monoisotopic (exact) mass is 242 g/mol. The van der Waals surface area contributed by atoms with Gasteiger partial charge in [-0.1, -0.05) is 6.07 Å². The molecule has 5 heteroatoms. The molecule has 1 rings (SSSR count). The Balaban J connectivity index is 2.99. The summed E-state index contributed by atoms with van der Waals surface area (Å²) in [5.41, 5.74) is 0.186. The second kappa shape index (κ2) is 6.50. The maximum Gasteiger partial charge on any atom is 0.136 e. The van der Waals surface area contributed by atoms with E-state index in [1.807, 2.05) is 13.3 Å². The van der Waals surface area contributed by atoms with Crippen LogP contribution in [0.1, 0.15) is 5.56 Å². The van der Waals surface area contributed by atoms with Gasteiger partial charge in [0.2, 0.25) is 0 Å². The van der Waals surface area contributed by atoms with E-state index in [1.165, 1.54) is 30.0 Å². The van der Waals surface area contributed by atoms with Crippen LogP contribution in [0, 0.1) is 5.82 Å². The van der Waals surface area contributed by atoms with E-state index in [9.17, 15) is 9.50 Å². The summed E-state index contributed by atoms with van der Waals surface area (Å²) in [6.45, 7) is 1.28. The third-order valence-corrected chi connectivity index (χ3v) is 2.74. The number of thioether (sulfide) groups is 1. The van der Waals surface area contributed by atoms with Crippen molar-refractivity contribution in [3.63, 3.8) is 0 Å². The summed E-state index contributed by atoms with van der Waals surface area (Å²) in [4.78, 5) is 4.24. The predicted molar refractivity (Wildman–Crippen MR) is 66.9 cm³/mol. The molecular formula is C11H15FN2OS. The number of nitrogens with one attached hydrogen (secondary N) is 1. The number of benzene rings is 1. The highest BCUT2D eigenvalue weighted by atomic mass is 32.2. The molecule has 0 unspecified atom stereocenters. The molecule has 0 bridgehead atoms. The molecule has 0 aliphatic carbocycles. The second-order valence-corrected chi connectivity index (χ2v) is 3.92. The molecule has 0 amide bonds. The van der Waals surface area contributed by atoms with Crippen LogP contribution in [0.15, 0.2) is 23.2 Å². The van der Waals surface area contributed by atoms with Gasteiger partial charge in [0.15, 0.2) is 0 Å². The van der Waals surface area contributed by atoms with E-state index in [0.29, 0.717) is 11.6 Å². The van der Waals surface area contributed by atoms with E-state index >= 15 is 0 Å². The van der Waals surface area contributed by atoms with Gasteiger partial charge in [0, 0.05) is 6.54 Å². The van der Waals surface area contributed by atoms with Crippen LogP contribution in [0.5, 0.6) is 5.75 Å². The molecule has 0 radical (unpaired) electrons. The maximum absolute atomic E-state index is 13.5. The number of hydrogen-bond acceptors (Lipinski definition) is 4. The molecule has 1 aromatic rings. The van der Waals surface area contributed by atoms with Crippen LogP contribution in [-0.2, 0) is 0 Å². The summed E-state index contributed by atoms with van der Waals surface area (Å²) in [5.74, 6) is -0.518. The first-order chi connectivity index (χ1) is 7.70. The van der Waals surface area contributed by atoms with E-state index in [0.717, 1.165) is 6.54 Å². The first-order valence-electron chi connectivity index (χ1n) is 4.91. The van der Waals surface area contributed by atoms with Gasteiger partial charge in [-0.2, -0.15) is 0 Å². The van der Waals surface area contributed by atoms with Gasteiger partial charge in [0.05, 0.1) is 12.1 Å². The van der Waals surface area contributed by atoms with Crippen molar-refractivity contribution in [1.82, 2.24) is 5.32 Å². The van der Waals surface area contributed by atoms with Crippen molar-refractivity contribution in [2.24, 2.45) is 4.99 Å². The Morgan fingerprint density at radius 2 is 2.31 bits per heavy atom. The highest BCUT2D eigenvalue weighted by molar-refractivity contribution is 8.13. The number of halogens is 1. The molecule has 0 saturated carbocycles. The van der Waals surface area contributed by atoms with Crippen LogP contribution in [0.3, 0.4) is 0 Å². The summed E-state index contributed by atoms with van der Waals surface area (Å²) in [6.07, 6.45) is 1.81. The minimum atomic E-state index is -0.447. The molecule has 0 aliphatic rings. The standard InChI is InChI=1S/C11H15FN2OS/c1-13-6-7-14-11(16-2)10-8(12)4-3-5-9(10)15/h3-5,13,15H,6-7H2,1-2H3/b14-11-. The van der Waals surface area contributed by atoms with Gasteiger partial charge in [-0.25, -0.2) is 4.39 Å². The van der Waals surface area contributed by atoms with E-state index in [1.54, 1.807) is 0 Å². The lowest BCUT2D eigenvalue weighted by Gasteiger charge is -2.07. The first-order valence-corrected chi connectivity index (χ1v) is 6.14. The number of likely N-dealkylation sites (N-methyl/N-ethyl adjacent to an activating group) is 1. The maximum atomic E-state index is 13.5. The number of rotatable bonds is 4. The van der Waals surface area contributed by atoms with Crippen molar-refractivity contribution in [3.8, 4) is 5.75 Å². The third kappa shape index (κ3) is 3.21. The lowest BCUT2D eigenvalue weighted by Crippen LogP contribution is -2.12. The molecule has 0 spiro atoms. The minimum absolute atomic E-state index is 0.0717. The molecule has 0 atom stereocenters. The van der Waals surface area contributed by atoms with Gasteiger partial charge in [-0.05, 0) is 25.4 Å². The average molecular weight is 242 g/mol. The van der Waals surface area contributed by atoms with E-state index in [2.05, 4.69) is 10.3 Å². The lowest BCUT2D eigenvalue weighted by atomic mass is 10.2. The largest absolute Gasteiger partial charge is 0.507 e. The average Bonchev–Trinajstić information content (AvgIpc) is 2.26. The molecular weight excluding hydrogens is 227 g/mol. The smallest absolute Gasteiger partial charge is 0.136 e. The third-order valence-electron chi connectivity index (χ3n) is 2.02. The molecule has 0 aliphatic heterocycles. The SMILES string of the molecule is CNCC/N=C(\SC)c1c(O)cccc1F. The molecule has 2 N–H and O–H groups in total. The van der Waals surface area contributed by atoms with Crippen LogP contribution in [0.25, 0.3) is 0 Å². The summed E-state index contributed by atoms with van der Waals surface area (Å²) < 4.78 is 13.5. The van der Waals surface area contributed by atoms with Crippen molar-refractivity contribution in [1.29, 1.82) is 0 Å². The van der Waals surface area contributed by atoms with Gasteiger partial charge in [-0.15, -0.1) is 11.8 Å². The minimum Gasteiger partial charge on any atom is -0.507 e. The van der Waals surface area contributed by atoms with E-state index in [4.69, 9.17) is 0 Å². The summed E-state index contributed by atoms with van der Waals surface area (Å²) in [5, 5.41) is 13.1. The van der Waals surface area contributed by atoms with Crippen LogP contribution in [-0.4, -0.2) is 36.5 Å². The Morgan fingerprint density at radius 3 is 2.88 bits per heavy atom. The van der Waals surface area contributed by atoms with Crippen LogP contribution < -0.4 is 5.32 Å². The van der Waals surface area contributed by atoms with Crippen molar-refractivity contribution in [3.05, 3.63) is 29.6 Å². The number of phenols is 1. The van der Waals surface area contributed by atoms with E-state index in [-0.39, 0.29) is 11.3 Å². The Bertz CT molecular complexity index is 362. The molecule has 16 heavy (non-hydrogen) atoms. The summed E-state index contributed by atoms with van der Waals surface area (Å²) >= 11 is 1.32. The highest BCUT2D eigenvalue weighted by Gasteiger charge is 2.13. The Labute approximate surface area is 98.8 Å². The molecule has 0 aromatic heterocycles. The molecule has 88 valence electrons. The number of aliphatic imine (C=N–C) groups is 1. The van der Waals surface area contributed by atoms with Gasteiger partial charge >= 0.3 is 0 Å². The zero-order valence-corrected chi connectivity index (χ0v) is 10.1. The first kappa shape index (κ1) is 13.0. The number of hydrogen-bond donors (Lipinski definition) is 2. The molecule has 1 aromatic carbocycles. The molecule has 0 heterocycles. The van der Waals surface area contributed by atoms with Crippen molar-refractivity contribution >= 4 is 16.8 Å². The van der Waals surface area contributed by atoms with Crippen molar-refractivity contribution in [2.75, 3.05) is 26.4 Å². The Morgan fingerprint density at radius 1 is 1.56 bits per heavy atom. The zero-order chi connectivity index (χ0) is 12.0. The van der Waals surface area contributed by atoms with Gasteiger partial charge in [0.25, 0.3) is 0 Å². The van der Waals surface area contributed by atoms with Crippen LogP contribution in [0.2, 0.25) is 0 Å². The summed E-state index contributed by atoms with van der Waals surface area (Å²) in [7, 11) is 1.83. The quantitative estimate of drug-likeness (QED) is 0.481. The molecule has 0 saturated heterocycles. The normalized spacial score (nSPS) is 11.8. The van der Waals surface area contributed by atoms with Crippen molar-refractivity contribution in [2.45, 2.75) is 0 Å². The lowest BCUT2D eigenvalue weighted by molar-refractivity contribution is 0.467. The fourth-order valence-electron chi connectivity index (χ4n) is 1.24. The topological polar surface area (TPSA) is 44.6 Å². The second-order valence-electron chi connectivity index (χ2n) is 3.13. The number of nitrogens with zero attached hydrogens (tertiary/aromatic N) is 1. The van der Waals surface area contributed by atoms with Crippen LogP contribution >= 0.6 is 11.8 Å². The van der Waals surface area contributed by atoms with Crippen LogP contribution in [0.4, 0.5) is 4.39 Å². The predicted octanol–water partition coefficient (Wildman–Crippen LogP) is 1.86. The van der Waals surface area contributed by atoms with E-state index < -0.39 is 5.82 Å². The number of phenolic OH excluding ortho intramolecular Hbond substituents is 1. The summed E-state index contributed by atoms with van der Waals surface area (Å²) in [6, 6.07) is 4.25. The van der Waals surface area contributed by atoms with Gasteiger partial charge in [0.1, 0.15) is 16.6 Å². The fourth-order valence-corrected chi connectivity index (χ4v) is 1.87. The van der Waals surface area contributed by atoms with Crippen molar-refractivity contribution < 1.29 is 9.50 Å². The number of aromatic hydroxyl groups is 1. The Kier molecular flexibility index (Phi) is 5.28. The Hall–Kier alpha value is -1.07. The zero-order valence-electron chi connectivity index (χ0n) is 9.33. The fraction of sp³-hybridized carbons (Fsp3) is 0.364.